The van der Waals surface area contributed by atoms with Gasteiger partial charge in [0, 0.05) is 0 Å². The minimum Gasteiger partial charge on any atom is -0.488 e. The summed E-state index contributed by atoms with van der Waals surface area (Å²) < 4.78 is 18.5. The first-order valence-corrected chi connectivity index (χ1v) is 6.26. The molecule has 2 aromatic carbocycles. The average molecular weight is 295 g/mol. The maximum atomic E-state index is 13.0. The number of carboxylic acids is 1. The number of aromatic carboxylic acids is 1. The number of ether oxygens (including phenoxy) is 1. The fourth-order valence-corrected chi connectivity index (χ4v) is 1.92. The Morgan fingerprint density at radius 2 is 2.05 bits per heavy atom. The Morgan fingerprint density at radius 1 is 1.30 bits per heavy atom. The summed E-state index contributed by atoms with van der Waals surface area (Å²) in [5, 5.41) is 9.09. The second kappa shape index (κ2) is 5.92. The van der Waals surface area contributed by atoms with Crippen molar-refractivity contribution in [3.05, 3.63) is 63.9 Å². The fraction of sp³-hybridized carbons (Fsp3) is 0.133. The molecular weight excluding hydrogens is 283 g/mol. The molecule has 0 aliphatic carbocycles. The van der Waals surface area contributed by atoms with Crippen LogP contribution in [-0.2, 0) is 6.61 Å². The van der Waals surface area contributed by atoms with E-state index in [1.54, 1.807) is 12.1 Å². The standard InChI is InChI=1S/C15H12ClFO3/c1-9-2-4-11(15(18)19)14(6-9)20-8-10-3-5-13(17)12(16)7-10/h2-7H,8H2,1H3,(H,18,19). The highest BCUT2D eigenvalue weighted by molar-refractivity contribution is 6.30. The van der Waals surface area contributed by atoms with Crippen molar-refractivity contribution >= 4 is 17.6 Å². The van der Waals surface area contributed by atoms with Gasteiger partial charge in [0.25, 0.3) is 0 Å². The highest BCUT2D eigenvalue weighted by atomic mass is 35.5. The zero-order valence-electron chi connectivity index (χ0n) is 10.7. The number of carbonyl (C=O) groups is 1. The molecule has 0 saturated carbocycles. The van der Waals surface area contributed by atoms with E-state index in [0.717, 1.165) is 5.56 Å². The summed E-state index contributed by atoms with van der Waals surface area (Å²) in [4.78, 5) is 11.1. The largest absolute Gasteiger partial charge is 0.488 e. The molecule has 0 aliphatic heterocycles. The number of hydrogen-bond acceptors (Lipinski definition) is 2. The van der Waals surface area contributed by atoms with E-state index in [0.29, 0.717) is 5.56 Å². The van der Waals surface area contributed by atoms with Crippen LogP contribution in [-0.4, -0.2) is 11.1 Å². The average Bonchev–Trinajstić information content (AvgIpc) is 2.40. The third kappa shape index (κ3) is 3.27. The molecule has 2 rings (SSSR count). The van der Waals surface area contributed by atoms with Crippen LogP contribution in [0.2, 0.25) is 5.02 Å². The van der Waals surface area contributed by atoms with Crippen LogP contribution in [0, 0.1) is 12.7 Å². The topological polar surface area (TPSA) is 46.5 Å². The molecule has 20 heavy (non-hydrogen) atoms. The van der Waals surface area contributed by atoms with Crippen LogP contribution in [0.5, 0.6) is 5.75 Å². The molecular formula is C15H12ClFO3. The molecule has 2 aromatic rings. The Bertz CT molecular complexity index is 656. The number of aryl methyl sites for hydroxylation is 1. The minimum atomic E-state index is -1.06. The van der Waals surface area contributed by atoms with Crippen LogP contribution in [0.15, 0.2) is 36.4 Å². The summed E-state index contributed by atoms with van der Waals surface area (Å²) in [6.45, 7) is 1.96. The number of benzene rings is 2. The summed E-state index contributed by atoms with van der Waals surface area (Å²) in [6, 6.07) is 9.07. The Morgan fingerprint density at radius 3 is 2.70 bits per heavy atom. The van der Waals surface area contributed by atoms with E-state index < -0.39 is 11.8 Å². The van der Waals surface area contributed by atoms with E-state index in [9.17, 15) is 9.18 Å². The molecule has 0 fully saturated rings. The number of hydrogen-bond donors (Lipinski definition) is 1. The van der Waals surface area contributed by atoms with Crippen molar-refractivity contribution in [1.82, 2.24) is 0 Å². The third-order valence-corrected chi connectivity index (χ3v) is 3.04. The summed E-state index contributed by atoms with van der Waals surface area (Å²) >= 11 is 5.68. The quantitative estimate of drug-likeness (QED) is 0.925. The summed E-state index contributed by atoms with van der Waals surface area (Å²) in [7, 11) is 0. The Balaban J connectivity index is 2.20. The van der Waals surface area contributed by atoms with Crippen LogP contribution >= 0.6 is 11.6 Å². The summed E-state index contributed by atoms with van der Waals surface area (Å²) in [5.41, 5.74) is 1.64. The van der Waals surface area contributed by atoms with E-state index in [1.165, 1.54) is 24.3 Å². The van der Waals surface area contributed by atoms with Gasteiger partial charge in [-0.05, 0) is 42.3 Å². The van der Waals surface area contributed by atoms with Crippen LogP contribution < -0.4 is 4.74 Å². The van der Waals surface area contributed by atoms with Gasteiger partial charge in [0.05, 0.1) is 5.02 Å². The fourth-order valence-electron chi connectivity index (χ4n) is 1.72. The van der Waals surface area contributed by atoms with Gasteiger partial charge < -0.3 is 9.84 Å². The third-order valence-electron chi connectivity index (χ3n) is 2.75. The first-order chi connectivity index (χ1) is 9.47. The number of carboxylic acid groups (broad SMARTS) is 1. The van der Waals surface area contributed by atoms with Gasteiger partial charge in [0.2, 0.25) is 0 Å². The Kier molecular flexibility index (Phi) is 4.25. The van der Waals surface area contributed by atoms with Crippen molar-refractivity contribution in [3.8, 4) is 5.75 Å². The van der Waals surface area contributed by atoms with Crippen molar-refractivity contribution in [3.63, 3.8) is 0 Å². The zero-order valence-corrected chi connectivity index (χ0v) is 11.4. The molecule has 0 aliphatic rings. The van der Waals surface area contributed by atoms with Crippen molar-refractivity contribution in [2.75, 3.05) is 0 Å². The molecule has 1 N–H and O–H groups in total. The first kappa shape index (κ1) is 14.3. The maximum absolute atomic E-state index is 13.0. The van der Waals surface area contributed by atoms with E-state index in [-0.39, 0.29) is 22.9 Å². The minimum absolute atomic E-state index is 0.00815. The van der Waals surface area contributed by atoms with Gasteiger partial charge >= 0.3 is 5.97 Å². The molecule has 0 aromatic heterocycles. The van der Waals surface area contributed by atoms with Crippen LogP contribution in [0.1, 0.15) is 21.5 Å². The highest BCUT2D eigenvalue weighted by Crippen LogP contribution is 2.23. The number of halogens is 2. The lowest BCUT2D eigenvalue weighted by Crippen LogP contribution is -2.04. The smallest absolute Gasteiger partial charge is 0.339 e. The van der Waals surface area contributed by atoms with E-state index >= 15 is 0 Å². The van der Waals surface area contributed by atoms with Gasteiger partial charge in [0.15, 0.2) is 0 Å². The van der Waals surface area contributed by atoms with Crippen molar-refractivity contribution in [1.29, 1.82) is 0 Å². The van der Waals surface area contributed by atoms with E-state index in [2.05, 4.69) is 0 Å². The lowest BCUT2D eigenvalue weighted by molar-refractivity contribution is 0.0691. The van der Waals surface area contributed by atoms with Gasteiger partial charge in [-0.2, -0.15) is 0 Å². The molecule has 3 nitrogen and oxygen atoms in total. The SMILES string of the molecule is Cc1ccc(C(=O)O)c(OCc2ccc(F)c(Cl)c2)c1. The van der Waals surface area contributed by atoms with Crippen molar-refractivity contribution in [2.45, 2.75) is 13.5 Å². The first-order valence-electron chi connectivity index (χ1n) is 5.88. The predicted octanol–water partition coefficient (Wildman–Crippen LogP) is 4.06. The van der Waals surface area contributed by atoms with Gasteiger partial charge in [-0.15, -0.1) is 0 Å². The maximum Gasteiger partial charge on any atom is 0.339 e. The van der Waals surface area contributed by atoms with Gasteiger partial charge in [-0.1, -0.05) is 23.7 Å². The molecule has 0 spiro atoms. The lowest BCUT2D eigenvalue weighted by Gasteiger charge is -2.10. The molecule has 0 amide bonds. The highest BCUT2D eigenvalue weighted by Gasteiger charge is 2.11. The summed E-state index contributed by atoms with van der Waals surface area (Å²) in [5.74, 6) is -1.28. The zero-order chi connectivity index (χ0) is 14.7. The molecule has 0 saturated heterocycles. The normalized spacial score (nSPS) is 10.3. The molecule has 0 unspecified atom stereocenters. The van der Waals surface area contributed by atoms with Crippen LogP contribution in [0.4, 0.5) is 4.39 Å². The molecule has 104 valence electrons. The Labute approximate surface area is 120 Å². The van der Waals surface area contributed by atoms with E-state index in [4.69, 9.17) is 21.4 Å². The molecule has 0 heterocycles. The molecule has 0 atom stereocenters. The number of rotatable bonds is 4. The van der Waals surface area contributed by atoms with Gasteiger partial charge in [-0.3, -0.25) is 0 Å². The monoisotopic (exact) mass is 294 g/mol. The second-order valence-corrected chi connectivity index (χ2v) is 4.75. The Hall–Kier alpha value is -2.07. The summed E-state index contributed by atoms with van der Waals surface area (Å²) in [6.07, 6.45) is 0. The molecule has 0 radical (unpaired) electrons. The lowest BCUT2D eigenvalue weighted by atomic mass is 10.1. The van der Waals surface area contributed by atoms with Crippen molar-refractivity contribution < 1.29 is 19.0 Å². The predicted molar refractivity (Wildman–Crippen MR) is 73.9 cm³/mol. The van der Waals surface area contributed by atoms with Crippen molar-refractivity contribution in [2.24, 2.45) is 0 Å². The van der Waals surface area contributed by atoms with Gasteiger partial charge in [-0.25, -0.2) is 9.18 Å². The van der Waals surface area contributed by atoms with Crippen LogP contribution in [0.25, 0.3) is 0 Å². The van der Waals surface area contributed by atoms with Gasteiger partial charge in [0.1, 0.15) is 23.7 Å². The van der Waals surface area contributed by atoms with Crippen LogP contribution in [0.3, 0.4) is 0 Å². The van der Waals surface area contributed by atoms with E-state index in [1.807, 2.05) is 6.92 Å². The molecule has 5 heteroatoms. The second-order valence-electron chi connectivity index (χ2n) is 4.34. The molecule has 0 bridgehead atoms.